The van der Waals surface area contributed by atoms with Crippen molar-refractivity contribution in [1.82, 2.24) is 19.9 Å². The van der Waals surface area contributed by atoms with Crippen LogP contribution in [0.15, 0.2) is 11.6 Å². The number of fused-ring (bicyclic) bond motifs is 1. The number of anilines is 1. The molecule has 4 N–H and O–H groups in total. The maximum absolute atomic E-state index is 14.5. The van der Waals surface area contributed by atoms with Crippen molar-refractivity contribution in [2.24, 2.45) is 5.73 Å². The second-order valence-corrected chi connectivity index (χ2v) is 5.56. The lowest BCUT2D eigenvalue weighted by Gasteiger charge is -2.06. The highest BCUT2D eigenvalue weighted by molar-refractivity contribution is 7.09. The third-order valence-corrected chi connectivity index (χ3v) is 3.84. The highest BCUT2D eigenvalue weighted by Gasteiger charge is 2.17. The smallest absolute Gasteiger partial charge is 0.157 e. The quantitative estimate of drug-likeness (QED) is 0.666. The first kappa shape index (κ1) is 17.3. The molecule has 0 saturated carbocycles. The van der Waals surface area contributed by atoms with Crippen LogP contribution in [0.3, 0.4) is 0 Å². The number of hydrogen-bond acceptors (Lipinski definition) is 6. The molecule has 3 aromatic heterocycles. The number of aryl methyl sites for hydroxylation is 1. The van der Waals surface area contributed by atoms with Crippen LogP contribution in [-0.2, 0) is 13.0 Å². The number of halogens is 1. The van der Waals surface area contributed by atoms with E-state index in [0.717, 1.165) is 5.01 Å². The molecule has 0 aliphatic carbocycles. The van der Waals surface area contributed by atoms with Gasteiger partial charge in [-0.15, -0.1) is 11.3 Å². The molecule has 0 saturated heterocycles. The van der Waals surface area contributed by atoms with Gasteiger partial charge in [0.2, 0.25) is 0 Å². The van der Waals surface area contributed by atoms with E-state index >= 15 is 0 Å². The summed E-state index contributed by atoms with van der Waals surface area (Å²) in [5.74, 6) is 0.714. The van der Waals surface area contributed by atoms with Gasteiger partial charge in [-0.1, -0.05) is 13.8 Å². The molecule has 0 fully saturated rings. The van der Waals surface area contributed by atoms with Gasteiger partial charge in [0.25, 0.3) is 0 Å². The molecule has 3 aromatic rings. The SMILES string of the molecule is CC.Cc1nc(NCc2nccs2)c2c(F)c(CCN)[nH]c2n1. The van der Waals surface area contributed by atoms with E-state index in [1.54, 1.807) is 13.1 Å². The van der Waals surface area contributed by atoms with Crippen molar-refractivity contribution in [1.29, 1.82) is 0 Å². The first-order valence-corrected chi connectivity index (χ1v) is 8.44. The monoisotopic (exact) mass is 336 g/mol. The summed E-state index contributed by atoms with van der Waals surface area (Å²) >= 11 is 1.53. The third kappa shape index (κ3) is 3.83. The van der Waals surface area contributed by atoms with E-state index in [4.69, 9.17) is 5.73 Å². The Morgan fingerprint density at radius 2 is 2.13 bits per heavy atom. The van der Waals surface area contributed by atoms with Crippen LogP contribution in [-0.4, -0.2) is 26.5 Å². The van der Waals surface area contributed by atoms with Gasteiger partial charge in [0.1, 0.15) is 22.3 Å². The predicted octanol–water partition coefficient (Wildman–Crippen LogP) is 3.00. The Balaban J connectivity index is 0.000000924. The molecular formula is C15H21FN6S. The second-order valence-electron chi connectivity index (χ2n) is 4.58. The Kier molecular flexibility index (Phi) is 6.00. The zero-order valence-electron chi connectivity index (χ0n) is 13.5. The average molecular weight is 336 g/mol. The summed E-state index contributed by atoms with van der Waals surface area (Å²) in [4.78, 5) is 15.7. The van der Waals surface area contributed by atoms with E-state index in [2.05, 4.69) is 25.3 Å². The summed E-state index contributed by atoms with van der Waals surface area (Å²) < 4.78 is 14.5. The van der Waals surface area contributed by atoms with Crippen molar-refractivity contribution in [2.45, 2.75) is 33.7 Å². The van der Waals surface area contributed by atoms with Crippen LogP contribution in [0.5, 0.6) is 0 Å². The van der Waals surface area contributed by atoms with Crippen LogP contribution in [0.1, 0.15) is 30.4 Å². The topological polar surface area (TPSA) is 92.5 Å². The Hall–Kier alpha value is -2.06. The molecule has 8 heteroatoms. The molecule has 0 bridgehead atoms. The number of nitrogens with zero attached hydrogens (tertiary/aromatic N) is 3. The number of rotatable bonds is 5. The molecule has 3 heterocycles. The molecule has 124 valence electrons. The second kappa shape index (κ2) is 7.98. The summed E-state index contributed by atoms with van der Waals surface area (Å²) in [6.45, 7) is 6.65. The highest BCUT2D eigenvalue weighted by Crippen LogP contribution is 2.26. The highest BCUT2D eigenvalue weighted by atomic mass is 32.1. The van der Waals surface area contributed by atoms with Crippen LogP contribution in [0.25, 0.3) is 11.0 Å². The average Bonchev–Trinajstić information content (AvgIpc) is 3.16. The number of nitrogens with two attached hydrogens (primary N) is 1. The number of thiazole rings is 1. The number of nitrogens with one attached hydrogen (secondary N) is 2. The zero-order valence-corrected chi connectivity index (χ0v) is 14.3. The zero-order chi connectivity index (χ0) is 16.8. The minimum absolute atomic E-state index is 0.336. The van der Waals surface area contributed by atoms with Gasteiger partial charge < -0.3 is 16.0 Å². The van der Waals surface area contributed by atoms with Crippen LogP contribution in [0.4, 0.5) is 10.2 Å². The number of aromatic nitrogens is 4. The fourth-order valence-electron chi connectivity index (χ4n) is 2.16. The Bertz CT molecular complexity index is 753. The van der Waals surface area contributed by atoms with Gasteiger partial charge in [0.05, 0.1) is 17.6 Å². The third-order valence-electron chi connectivity index (χ3n) is 3.06. The Morgan fingerprint density at radius 3 is 2.78 bits per heavy atom. The summed E-state index contributed by atoms with van der Waals surface area (Å²) in [5.41, 5.74) is 6.45. The summed E-state index contributed by atoms with van der Waals surface area (Å²) in [7, 11) is 0. The van der Waals surface area contributed by atoms with Crippen LogP contribution in [0, 0.1) is 12.7 Å². The normalized spacial score (nSPS) is 10.5. The van der Waals surface area contributed by atoms with Crippen molar-refractivity contribution >= 4 is 28.2 Å². The van der Waals surface area contributed by atoms with Crippen LogP contribution >= 0.6 is 11.3 Å². The molecule has 0 unspecified atom stereocenters. The van der Waals surface area contributed by atoms with E-state index in [0.29, 0.717) is 47.9 Å². The molecule has 0 amide bonds. The molecule has 0 spiro atoms. The lowest BCUT2D eigenvalue weighted by molar-refractivity contribution is 0.618. The van der Waals surface area contributed by atoms with Crippen LogP contribution < -0.4 is 11.1 Å². The van der Waals surface area contributed by atoms with Gasteiger partial charge >= 0.3 is 0 Å². The van der Waals surface area contributed by atoms with Gasteiger partial charge in [-0.3, -0.25) is 0 Å². The fourth-order valence-corrected chi connectivity index (χ4v) is 2.72. The lowest BCUT2D eigenvalue weighted by Crippen LogP contribution is -2.04. The first-order valence-electron chi connectivity index (χ1n) is 7.56. The Morgan fingerprint density at radius 1 is 1.35 bits per heavy atom. The molecule has 0 aliphatic rings. The standard InChI is InChI=1S/C13H15FN6S.C2H6/c1-7-18-12(17-6-9-16-4-5-21-9)10-11(14)8(2-3-15)20-13(10)19-7;1-2/h4-5H,2-3,6,15H2,1H3,(H2,17,18,19,20);1-2H3. The van der Waals surface area contributed by atoms with Crippen molar-refractivity contribution in [3.8, 4) is 0 Å². The maximum atomic E-state index is 14.5. The first-order chi connectivity index (χ1) is 11.2. The summed E-state index contributed by atoms with van der Waals surface area (Å²) in [5, 5.41) is 6.32. The van der Waals surface area contributed by atoms with Crippen molar-refractivity contribution < 1.29 is 4.39 Å². The maximum Gasteiger partial charge on any atom is 0.157 e. The van der Waals surface area contributed by atoms with E-state index in [-0.39, 0.29) is 5.82 Å². The van der Waals surface area contributed by atoms with E-state index in [9.17, 15) is 4.39 Å². The molecule has 0 atom stereocenters. The Labute approximate surface area is 138 Å². The summed E-state index contributed by atoms with van der Waals surface area (Å²) in [6, 6.07) is 0. The van der Waals surface area contributed by atoms with Crippen molar-refractivity contribution in [3.63, 3.8) is 0 Å². The van der Waals surface area contributed by atoms with Gasteiger partial charge in [0, 0.05) is 18.0 Å². The molecule has 0 aliphatic heterocycles. The van der Waals surface area contributed by atoms with Gasteiger partial charge in [-0.2, -0.15) is 0 Å². The van der Waals surface area contributed by atoms with Gasteiger partial charge in [-0.05, 0) is 13.5 Å². The fraction of sp³-hybridized carbons (Fsp3) is 0.400. The number of aromatic amines is 1. The molecule has 3 rings (SSSR count). The van der Waals surface area contributed by atoms with Gasteiger partial charge in [0.15, 0.2) is 5.82 Å². The van der Waals surface area contributed by atoms with Crippen molar-refractivity contribution in [3.05, 3.63) is 33.9 Å². The molecular weight excluding hydrogens is 315 g/mol. The van der Waals surface area contributed by atoms with E-state index < -0.39 is 0 Å². The number of hydrogen-bond donors (Lipinski definition) is 3. The molecule has 23 heavy (non-hydrogen) atoms. The predicted molar refractivity (Wildman–Crippen MR) is 92.1 cm³/mol. The largest absolute Gasteiger partial charge is 0.363 e. The molecule has 0 radical (unpaired) electrons. The summed E-state index contributed by atoms with van der Waals surface area (Å²) in [6.07, 6.45) is 2.17. The molecule has 6 nitrogen and oxygen atoms in total. The van der Waals surface area contributed by atoms with E-state index in [1.165, 1.54) is 11.3 Å². The molecule has 0 aromatic carbocycles. The minimum Gasteiger partial charge on any atom is -0.363 e. The van der Waals surface area contributed by atoms with E-state index in [1.807, 2.05) is 19.2 Å². The number of H-pyrrole nitrogens is 1. The lowest BCUT2D eigenvalue weighted by atomic mass is 10.2. The van der Waals surface area contributed by atoms with Crippen molar-refractivity contribution in [2.75, 3.05) is 11.9 Å². The minimum atomic E-state index is -0.336. The van der Waals surface area contributed by atoms with Crippen LogP contribution in [0.2, 0.25) is 0 Å². The van der Waals surface area contributed by atoms with Gasteiger partial charge in [-0.25, -0.2) is 19.3 Å².